The van der Waals surface area contributed by atoms with Crippen LogP contribution in [0.4, 0.5) is 10.1 Å². The molecular formula is C19H19ClFNO3. The molecule has 0 fully saturated rings. The molecule has 0 spiro atoms. The van der Waals surface area contributed by atoms with Gasteiger partial charge in [-0.1, -0.05) is 49.7 Å². The summed E-state index contributed by atoms with van der Waals surface area (Å²) in [5.74, 6) is -2.00. The zero-order valence-corrected chi connectivity index (χ0v) is 14.8. The molecule has 0 aliphatic heterocycles. The number of rotatable bonds is 6. The van der Waals surface area contributed by atoms with E-state index in [4.69, 9.17) is 16.3 Å². The minimum absolute atomic E-state index is 0.0625. The molecule has 0 heterocycles. The number of amides is 1. The Balaban J connectivity index is 2.01. The molecule has 2 rings (SSSR count). The number of ether oxygens (including phenoxy) is 1. The summed E-state index contributed by atoms with van der Waals surface area (Å²) in [7, 11) is 0. The van der Waals surface area contributed by atoms with Crippen molar-refractivity contribution in [3.05, 3.63) is 64.4 Å². The summed E-state index contributed by atoms with van der Waals surface area (Å²) in [4.78, 5) is 24.0. The molecule has 4 nitrogen and oxygen atoms in total. The van der Waals surface area contributed by atoms with Gasteiger partial charge in [0.05, 0.1) is 5.02 Å². The lowest BCUT2D eigenvalue weighted by Gasteiger charge is -2.15. The fraction of sp³-hybridized carbons (Fsp3) is 0.263. The summed E-state index contributed by atoms with van der Waals surface area (Å²) in [5.41, 5.74) is 1.29. The van der Waals surface area contributed by atoms with Crippen molar-refractivity contribution < 1.29 is 18.7 Å². The second-order valence-electron chi connectivity index (χ2n) is 5.62. The number of para-hydroxylation sites is 1. The highest BCUT2D eigenvalue weighted by Gasteiger charge is 2.19. The van der Waals surface area contributed by atoms with Crippen LogP contribution < -0.4 is 5.32 Å². The number of carbonyl (C=O) groups is 2. The van der Waals surface area contributed by atoms with Gasteiger partial charge >= 0.3 is 5.97 Å². The molecule has 0 aliphatic rings. The van der Waals surface area contributed by atoms with Crippen LogP contribution in [-0.4, -0.2) is 18.5 Å². The Kier molecular flexibility index (Phi) is 6.53. The number of carbonyl (C=O) groups excluding carboxylic acids is 2. The molecule has 1 amide bonds. The average Bonchev–Trinajstić information content (AvgIpc) is 2.59. The van der Waals surface area contributed by atoms with Crippen molar-refractivity contribution in [1.82, 2.24) is 0 Å². The van der Waals surface area contributed by atoms with Crippen molar-refractivity contribution in [1.29, 1.82) is 0 Å². The third-order valence-corrected chi connectivity index (χ3v) is 4.19. The van der Waals surface area contributed by atoms with E-state index in [0.717, 1.165) is 18.1 Å². The molecule has 0 radical (unpaired) electrons. The van der Waals surface area contributed by atoms with E-state index in [1.54, 1.807) is 6.07 Å². The fourth-order valence-electron chi connectivity index (χ4n) is 2.34. The van der Waals surface area contributed by atoms with Crippen LogP contribution >= 0.6 is 11.6 Å². The number of halogens is 2. The zero-order chi connectivity index (χ0) is 18.4. The van der Waals surface area contributed by atoms with E-state index < -0.39 is 24.3 Å². The van der Waals surface area contributed by atoms with E-state index >= 15 is 0 Å². The van der Waals surface area contributed by atoms with Crippen LogP contribution in [0.2, 0.25) is 5.02 Å². The first kappa shape index (κ1) is 18.9. The number of hydrogen-bond acceptors (Lipinski definition) is 3. The molecule has 0 aliphatic carbocycles. The predicted molar refractivity (Wildman–Crippen MR) is 95.5 cm³/mol. The molecule has 0 saturated carbocycles. The number of nitrogens with one attached hydrogen (secondary N) is 1. The van der Waals surface area contributed by atoms with Gasteiger partial charge < -0.3 is 10.1 Å². The predicted octanol–water partition coefficient (Wildman–Crippen LogP) is 4.79. The summed E-state index contributed by atoms with van der Waals surface area (Å²) in [6, 6.07) is 11.3. The molecule has 25 heavy (non-hydrogen) atoms. The molecule has 0 bridgehead atoms. The van der Waals surface area contributed by atoms with Crippen LogP contribution in [0.3, 0.4) is 0 Å². The van der Waals surface area contributed by atoms with Crippen molar-refractivity contribution in [3.8, 4) is 0 Å². The highest BCUT2D eigenvalue weighted by Crippen LogP contribution is 2.26. The molecule has 6 heteroatoms. The molecular weight excluding hydrogens is 345 g/mol. The van der Waals surface area contributed by atoms with Gasteiger partial charge in [-0.3, -0.25) is 4.79 Å². The van der Waals surface area contributed by atoms with Gasteiger partial charge in [0.25, 0.3) is 5.91 Å². The van der Waals surface area contributed by atoms with Crippen molar-refractivity contribution >= 4 is 29.2 Å². The Morgan fingerprint density at radius 2 is 1.92 bits per heavy atom. The Bertz CT molecular complexity index is 759. The van der Waals surface area contributed by atoms with Gasteiger partial charge in [-0.05, 0) is 36.1 Å². The van der Waals surface area contributed by atoms with E-state index in [9.17, 15) is 14.0 Å². The second kappa shape index (κ2) is 8.62. The smallest absolute Gasteiger partial charge is 0.343 e. The van der Waals surface area contributed by atoms with E-state index in [-0.39, 0.29) is 16.5 Å². The van der Waals surface area contributed by atoms with Gasteiger partial charge in [0.2, 0.25) is 0 Å². The fourth-order valence-corrected chi connectivity index (χ4v) is 2.58. The van der Waals surface area contributed by atoms with Gasteiger partial charge in [0.1, 0.15) is 11.4 Å². The van der Waals surface area contributed by atoms with Crippen LogP contribution in [0, 0.1) is 5.82 Å². The maximum Gasteiger partial charge on any atom is 0.343 e. The summed E-state index contributed by atoms with van der Waals surface area (Å²) < 4.78 is 18.5. The number of benzene rings is 2. The summed E-state index contributed by atoms with van der Waals surface area (Å²) in [5, 5.41) is 2.66. The third-order valence-electron chi connectivity index (χ3n) is 3.88. The van der Waals surface area contributed by atoms with Crippen LogP contribution in [-0.2, 0) is 9.53 Å². The van der Waals surface area contributed by atoms with Crippen molar-refractivity contribution in [2.75, 3.05) is 11.9 Å². The zero-order valence-electron chi connectivity index (χ0n) is 14.0. The maximum atomic E-state index is 13.7. The summed E-state index contributed by atoms with van der Waals surface area (Å²) in [6.07, 6.45) is 0.924. The van der Waals surface area contributed by atoms with Crippen LogP contribution in [0.1, 0.15) is 42.1 Å². The highest BCUT2D eigenvalue weighted by molar-refractivity contribution is 6.33. The number of hydrogen-bond donors (Lipinski definition) is 1. The SMILES string of the molecule is CC[C@@H](C)c1ccccc1NC(=O)COC(=O)c1c(F)cccc1Cl. The Morgan fingerprint density at radius 3 is 2.60 bits per heavy atom. The molecule has 132 valence electrons. The summed E-state index contributed by atoms with van der Waals surface area (Å²) >= 11 is 5.80. The first-order valence-electron chi connectivity index (χ1n) is 7.94. The van der Waals surface area contributed by atoms with E-state index in [1.165, 1.54) is 12.1 Å². The first-order chi connectivity index (χ1) is 11.9. The lowest BCUT2D eigenvalue weighted by atomic mass is 9.97. The minimum atomic E-state index is -0.978. The average molecular weight is 364 g/mol. The molecule has 1 N–H and O–H groups in total. The Hall–Kier alpha value is -2.40. The van der Waals surface area contributed by atoms with Crippen LogP contribution in [0.5, 0.6) is 0 Å². The van der Waals surface area contributed by atoms with E-state index in [1.807, 2.05) is 18.2 Å². The standard InChI is InChI=1S/C19H19ClFNO3/c1-3-12(2)13-7-4-5-10-16(13)22-17(23)11-25-19(24)18-14(20)8-6-9-15(18)21/h4-10,12H,3,11H2,1-2H3,(H,22,23)/t12-/m1/s1. The lowest BCUT2D eigenvalue weighted by Crippen LogP contribution is -2.22. The molecule has 0 aromatic heterocycles. The van der Waals surface area contributed by atoms with E-state index in [0.29, 0.717) is 5.69 Å². The monoisotopic (exact) mass is 363 g/mol. The molecule has 2 aromatic carbocycles. The minimum Gasteiger partial charge on any atom is -0.452 e. The lowest BCUT2D eigenvalue weighted by molar-refractivity contribution is -0.119. The largest absolute Gasteiger partial charge is 0.452 e. The van der Waals surface area contributed by atoms with E-state index in [2.05, 4.69) is 19.2 Å². The highest BCUT2D eigenvalue weighted by atomic mass is 35.5. The Morgan fingerprint density at radius 1 is 1.20 bits per heavy atom. The molecule has 1 atom stereocenters. The maximum absolute atomic E-state index is 13.7. The molecule has 0 unspecified atom stereocenters. The van der Waals surface area contributed by atoms with Gasteiger partial charge in [-0.15, -0.1) is 0 Å². The van der Waals surface area contributed by atoms with Gasteiger partial charge in [-0.2, -0.15) is 0 Å². The third kappa shape index (κ3) is 4.79. The summed E-state index contributed by atoms with van der Waals surface area (Å²) in [6.45, 7) is 3.59. The van der Waals surface area contributed by atoms with Crippen molar-refractivity contribution in [2.24, 2.45) is 0 Å². The molecule has 0 saturated heterocycles. The van der Waals surface area contributed by atoms with Crippen LogP contribution in [0.15, 0.2) is 42.5 Å². The topological polar surface area (TPSA) is 55.4 Å². The number of esters is 1. The van der Waals surface area contributed by atoms with Gasteiger partial charge in [-0.25, -0.2) is 9.18 Å². The van der Waals surface area contributed by atoms with Gasteiger partial charge in [0.15, 0.2) is 6.61 Å². The number of anilines is 1. The first-order valence-corrected chi connectivity index (χ1v) is 8.31. The van der Waals surface area contributed by atoms with Crippen LogP contribution in [0.25, 0.3) is 0 Å². The van der Waals surface area contributed by atoms with Crippen molar-refractivity contribution in [3.63, 3.8) is 0 Å². The van der Waals surface area contributed by atoms with Crippen molar-refractivity contribution in [2.45, 2.75) is 26.2 Å². The Labute approximate surface area is 150 Å². The van der Waals surface area contributed by atoms with Gasteiger partial charge in [0, 0.05) is 5.69 Å². The normalized spacial score (nSPS) is 11.7. The molecule has 2 aromatic rings. The second-order valence-corrected chi connectivity index (χ2v) is 6.02. The quantitative estimate of drug-likeness (QED) is 0.751.